The zero-order valence-electron chi connectivity index (χ0n) is 21.6. The van der Waals surface area contributed by atoms with E-state index in [4.69, 9.17) is 24.2 Å². The third kappa shape index (κ3) is 4.66. The zero-order chi connectivity index (χ0) is 25.4. The summed E-state index contributed by atoms with van der Waals surface area (Å²) in [7, 11) is 3.07. The number of aryl methyl sites for hydroxylation is 3. The van der Waals surface area contributed by atoms with E-state index in [1.54, 1.807) is 19.5 Å². The molecule has 7 nitrogen and oxygen atoms in total. The molecule has 7 heteroatoms. The molecule has 0 bridgehead atoms. The number of esters is 1. The van der Waals surface area contributed by atoms with E-state index in [1.807, 2.05) is 26.8 Å². The summed E-state index contributed by atoms with van der Waals surface area (Å²) in [4.78, 5) is 26.2. The van der Waals surface area contributed by atoms with Crippen molar-refractivity contribution in [1.82, 2.24) is 15.0 Å². The summed E-state index contributed by atoms with van der Waals surface area (Å²) < 4.78 is 16.9. The van der Waals surface area contributed by atoms with Gasteiger partial charge < -0.3 is 14.2 Å². The molecule has 0 saturated heterocycles. The molecule has 0 spiro atoms. The minimum absolute atomic E-state index is 0.146. The first-order chi connectivity index (χ1) is 17.4. The molecule has 3 atom stereocenters. The van der Waals surface area contributed by atoms with Crippen LogP contribution in [0.1, 0.15) is 66.3 Å². The molecule has 1 aliphatic carbocycles. The number of pyridine rings is 1. The van der Waals surface area contributed by atoms with Crippen molar-refractivity contribution < 1.29 is 19.0 Å². The Labute approximate surface area is 212 Å². The average Bonchev–Trinajstić information content (AvgIpc) is 3.73. The second kappa shape index (κ2) is 9.88. The van der Waals surface area contributed by atoms with Crippen molar-refractivity contribution in [2.45, 2.75) is 58.5 Å². The van der Waals surface area contributed by atoms with Gasteiger partial charge in [0.25, 0.3) is 0 Å². The highest BCUT2D eigenvalue weighted by molar-refractivity contribution is 5.73. The van der Waals surface area contributed by atoms with E-state index < -0.39 is 0 Å². The van der Waals surface area contributed by atoms with Gasteiger partial charge >= 0.3 is 5.97 Å². The molecular formula is C29H33N3O4. The largest absolute Gasteiger partial charge is 0.484 e. The molecule has 5 rings (SSSR count). The van der Waals surface area contributed by atoms with Crippen LogP contribution in [0.15, 0.2) is 36.7 Å². The summed E-state index contributed by atoms with van der Waals surface area (Å²) in [6.45, 7) is 5.95. The topological polar surface area (TPSA) is 83.4 Å². The second-order valence-corrected chi connectivity index (χ2v) is 9.95. The molecule has 0 radical (unpaired) electrons. The molecular weight excluding hydrogens is 454 g/mol. The molecule has 0 unspecified atom stereocenters. The van der Waals surface area contributed by atoms with Crippen LogP contribution in [0.2, 0.25) is 0 Å². The third-order valence-electron chi connectivity index (χ3n) is 7.52. The van der Waals surface area contributed by atoms with Gasteiger partial charge in [-0.3, -0.25) is 9.78 Å². The summed E-state index contributed by atoms with van der Waals surface area (Å²) in [5, 5.41) is 0. The molecule has 0 amide bonds. The summed E-state index contributed by atoms with van der Waals surface area (Å²) >= 11 is 0. The lowest BCUT2D eigenvalue weighted by molar-refractivity contribution is -0.145. The molecule has 36 heavy (non-hydrogen) atoms. The van der Waals surface area contributed by atoms with Crippen LogP contribution < -0.4 is 9.47 Å². The first-order valence-electron chi connectivity index (χ1n) is 12.6. The summed E-state index contributed by atoms with van der Waals surface area (Å²) in [6, 6.07) is 8.34. The third-order valence-corrected chi connectivity index (χ3v) is 7.52. The molecule has 188 valence electrons. The lowest BCUT2D eigenvalue weighted by atomic mass is 9.82. The van der Waals surface area contributed by atoms with Crippen LogP contribution in [0, 0.1) is 25.7 Å². The molecule has 3 heterocycles. The standard InChI is InChI=1S/C29H33N3O4/c1-16-14-30-26(34-4)13-22(16)23-15-31-28(18(3)32-23)24-11-10-19-6-9-21(12-25(19)36-24)27(20-7-8-20)17(2)29(33)35-5/h6,9,12-15,17,20,24,27H,7-8,10-11H2,1-5H3/t17-,24-,27+/m1/s1. The molecule has 1 aromatic carbocycles. The number of benzene rings is 1. The number of nitrogens with zero attached hydrogens (tertiary/aromatic N) is 3. The molecule has 2 aromatic heterocycles. The van der Waals surface area contributed by atoms with Gasteiger partial charge in [0.2, 0.25) is 5.88 Å². The van der Waals surface area contributed by atoms with Gasteiger partial charge in [-0.1, -0.05) is 19.1 Å². The van der Waals surface area contributed by atoms with Crippen molar-refractivity contribution >= 4 is 5.97 Å². The van der Waals surface area contributed by atoms with E-state index in [0.717, 1.165) is 65.2 Å². The Kier molecular flexibility index (Phi) is 6.65. The monoisotopic (exact) mass is 487 g/mol. The van der Waals surface area contributed by atoms with Gasteiger partial charge in [-0.05, 0) is 74.1 Å². The van der Waals surface area contributed by atoms with Crippen LogP contribution in [0.3, 0.4) is 0 Å². The lowest BCUT2D eigenvalue weighted by Crippen LogP contribution is -2.23. The van der Waals surface area contributed by atoms with Crippen molar-refractivity contribution in [3.05, 3.63) is 64.7 Å². The quantitative estimate of drug-likeness (QED) is 0.405. The van der Waals surface area contributed by atoms with Crippen molar-refractivity contribution in [2.24, 2.45) is 11.8 Å². The first kappa shape index (κ1) is 24.2. The minimum atomic E-state index is -0.184. The Balaban J connectivity index is 1.40. The van der Waals surface area contributed by atoms with Gasteiger partial charge in [0.05, 0.1) is 37.7 Å². The van der Waals surface area contributed by atoms with Crippen LogP contribution in [0.25, 0.3) is 11.3 Å². The Morgan fingerprint density at radius 3 is 2.58 bits per heavy atom. The number of hydrogen-bond donors (Lipinski definition) is 0. The Bertz CT molecular complexity index is 1290. The second-order valence-electron chi connectivity index (χ2n) is 9.95. The molecule has 2 aliphatic rings. The normalized spacial score (nSPS) is 18.5. The number of aromatic nitrogens is 3. The smallest absolute Gasteiger partial charge is 0.309 e. The van der Waals surface area contributed by atoms with Crippen LogP contribution in [0.4, 0.5) is 0 Å². The van der Waals surface area contributed by atoms with Gasteiger partial charge in [0.15, 0.2) is 0 Å². The number of rotatable bonds is 7. The highest BCUT2D eigenvalue weighted by Gasteiger charge is 2.39. The summed E-state index contributed by atoms with van der Waals surface area (Å²) in [5.74, 6) is 1.76. The average molecular weight is 488 g/mol. The lowest BCUT2D eigenvalue weighted by Gasteiger charge is -2.29. The van der Waals surface area contributed by atoms with Gasteiger partial charge in [-0.15, -0.1) is 0 Å². The molecule has 3 aromatic rings. The number of ether oxygens (including phenoxy) is 3. The van der Waals surface area contributed by atoms with E-state index in [9.17, 15) is 4.79 Å². The zero-order valence-corrected chi connectivity index (χ0v) is 21.6. The van der Waals surface area contributed by atoms with Crippen LogP contribution in [0.5, 0.6) is 11.6 Å². The number of fused-ring (bicyclic) bond motifs is 1. The van der Waals surface area contributed by atoms with Crippen molar-refractivity contribution in [1.29, 1.82) is 0 Å². The summed E-state index contributed by atoms with van der Waals surface area (Å²) in [5.41, 5.74) is 6.80. The fraction of sp³-hybridized carbons (Fsp3) is 0.448. The maximum Gasteiger partial charge on any atom is 0.309 e. The number of carbonyl (C=O) groups excluding carboxylic acids is 1. The molecule has 1 fully saturated rings. The van der Waals surface area contributed by atoms with Crippen molar-refractivity contribution in [3.8, 4) is 22.9 Å². The number of methoxy groups -OCH3 is 2. The van der Waals surface area contributed by atoms with Gasteiger partial charge in [0, 0.05) is 17.8 Å². The van der Waals surface area contributed by atoms with Crippen molar-refractivity contribution in [2.75, 3.05) is 14.2 Å². The SMILES string of the molecule is COC(=O)[C@H](C)[C@H](c1ccc2c(c1)O[C@@H](c1ncc(-c3cc(OC)ncc3C)nc1C)CC2)C1CC1. The Morgan fingerprint density at radius 2 is 1.89 bits per heavy atom. The molecule has 0 N–H and O–H groups in total. The van der Waals surface area contributed by atoms with Crippen LogP contribution in [-0.2, 0) is 16.0 Å². The van der Waals surface area contributed by atoms with Gasteiger partial charge in [0.1, 0.15) is 17.5 Å². The van der Waals surface area contributed by atoms with E-state index in [-0.39, 0.29) is 23.9 Å². The maximum atomic E-state index is 12.3. The fourth-order valence-electron chi connectivity index (χ4n) is 5.37. The number of hydrogen-bond acceptors (Lipinski definition) is 7. The van der Waals surface area contributed by atoms with E-state index in [0.29, 0.717) is 11.8 Å². The minimum Gasteiger partial charge on any atom is -0.484 e. The van der Waals surface area contributed by atoms with Gasteiger partial charge in [-0.2, -0.15) is 0 Å². The Morgan fingerprint density at radius 1 is 1.08 bits per heavy atom. The molecule has 1 aliphatic heterocycles. The Hall–Kier alpha value is -3.48. The van der Waals surface area contributed by atoms with Crippen LogP contribution >= 0.6 is 0 Å². The van der Waals surface area contributed by atoms with E-state index >= 15 is 0 Å². The molecule has 1 saturated carbocycles. The highest BCUT2D eigenvalue weighted by atomic mass is 16.5. The predicted molar refractivity (Wildman–Crippen MR) is 136 cm³/mol. The fourth-order valence-corrected chi connectivity index (χ4v) is 5.37. The van der Waals surface area contributed by atoms with Crippen molar-refractivity contribution in [3.63, 3.8) is 0 Å². The van der Waals surface area contributed by atoms with Crippen LogP contribution in [-0.4, -0.2) is 35.1 Å². The summed E-state index contributed by atoms with van der Waals surface area (Å²) in [6.07, 6.45) is 7.47. The predicted octanol–water partition coefficient (Wildman–Crippen LogP) is 5.53. The maximum absolute atomic E-state index is 12.3. The highest BCUT2D eigenvalue weighted by Crippen LogP contribution is 2.48. The first-order valence-corrected chi connectivity index (χ1v) is 12.6. The number of carbonyl (C=O) groups is 1. The van der Waals surface area contributed by atoms with E-state index in [1.165, 1.54) is 12.7 Å². The van der Waals surface area contributed by atoms with Gasteiger partial charge in [-0.25, -0.2) is 9.97 Å². The van der Waals surface area contributed by atoms with E-state index in [2.05, 4.69) is 23.2 Å².